The molecule has 0 bridgehead atoms. The van der Waals surface area contributed by atoms with Gasteiger partial charge in [-0.25, -0.2) is 4.39 Å². The Morgan fingerprint density at radius 1 is 1.29 bits per heavy atom. The molecule has 1 aliphatic carbocycles. The molecule has 0 saturated heterocycles. The van der Waals surface area contributed by atoms with Crippen molar-refractivity contribution in [2.75, 3.05) is 12.4 Å². The summed E-state index contributed by atoms with van der Waals surface area (Å²) in [7, 11) is 1.78. The van der Waals surface area contributed by atoms with Crippen molar-refractivity contribution >= 4 is 11.9 Å². The number of nitrogens with one attached hydrogen (secondary N) is 2. The minimum absolute atomic E-state index is 0.294. The molecular weight excluding hydrogens is 303 g/mol. The molecular formula is C19H21FN4. The van der Waals surface area contributed by atoms with Gasteiger partial charge in [0, 0.05) is 29.9 Å². The number of rotatable bonds is 6. The van der Waals surface area contributed by atoms with Gasteiger partial charge in [0.1, 0.15) is 11.6 Å². The quantitative estimate of drug-likeness (QED) is 0.791. The highest BCUT2D eigenvalue weighted by atomic mass is 19.1. The molecule has 5 heteroatoms. The molecule has 1 aromatic heterocycles. The standard InChI is InChI=1S/C19H21FN4/c1-12-10-14(5-4-13(2)21-3)17(20)11-16(12)18-8-9-19(24-23-18)22-15-6-7-15/h4-5,8-11,15,21H,2,6-7H2,1,3H3,(H,22,24)/b5-4+. The van der Waals surface area contributed by atoms with E-state index < -0.39 is 0 Å². The van der Waals surface area contributed by atoms with Crippen LogP contribution in [0.1, 0.15) is 24.0 Å². The minimum atomic E-state index is -0.294. The summed E-state index contributed by atoms with van der Waals surface area (Å²) in [5.41, 5.74) is 3.61. The van der Waals surface area contributed by atoms with Crippen molar-refractivity contribution in [2.45, 2.75) is 25.8 Å². The number of hydrogen-bond acceptors (Lipinski definition) is 4. The Kier molecular flexibility index (Phi) is 4.60. The molecule has 0 unspecified atom stereocenters. The van der Waals surface area contributed by atoms with Crippen LogP contribution in [-0.2, 0) is 0 Å². The molecule has 0 atom stereocenters. The molecule has 1 fully saturated rings. The van der Waals surface area contributed by atoms with Crippen LogP contribution >= 0.6 is 0 Å². The molecule has 0 amide bonds. The normalized spacial score (nSPS) is 14.0. The van der Waals surface area contributed by atoms with Crippen LogP contribution in [0.5, 0.6) is 0 Å². The van der Waals surface area contributed by atoms with Crippen LogP contribution in [0, 0.1) is 12.7 Å². The zero-order valence-electron chi connectivity index (χ0n) is 13.9. The summed E-state index contributed by atoms with van der Waals surface area (Å²) in [5.74, 6) is 0.474. The lowest BCUT2D eigenvalue weighted by Gasteiger charge is -2.09. The fourth-order valence-corrected chi connectivity index (χ4v) is 2.37. The van der Waals surface area contributed by atoms with E-state index in [0.717, 1.165) is 22.6 Å². The number of aromatic nitrogens is 2. The van der Waals surface area contributed by atoms with E-state index in [-0.39, 0.29) is 5.82 Å². The van der Waals surface area contributed by atoms with Crippen LogP contribution in [-0.4, -0.2) is 23.3 Å². The largest absolute Gasteiger partial charge is 0.389 e. The third kappa shape index (κ3) is 3.79. The van der Waals surface area contributed by atoms with Gasteiger partial charge in [0.25, 0.3) is 0 Å². The molecule has 1 saturated carbocycles. The minimum Gasteiger partial charge on any atom is -0.389 e. The van der Waals surface area contributed by atoms with Gasteiger partial charge in [0.15, 0.2) is 0 Å². The summed E-state index contributed by atoms with van der Waals surface area (Å²) in [6.45, 7) is 5.74. The highest BCUT2D eigenvalue weighted by molar-refractivity contribution is 5.67. The Morgan fingerprint density at radius 3 is 2.71 bits per heavy atom. The predicted octanol–water partition coefficient (Wildman–Crippen LogP) is 3.91. The smallest absolute Gasteiger partial charge is 0.148 e. The van der Waals surface area contributed by atoms with Crippen molar-refractivity contribution in [3.8, 4) is 11.3 Å². The maximum atomic E-state index is 14.4. The van der Waals surface area contributed by atoms with Crippen molar-refractivity contribution < 1.29 is 4.39 Å². The Morgan fingerprint density at radius 2 is 2.08 bits per heavy atom. The van der Waals surface area contributed by atoms with Crippen LogP contribution in [0.15, 0.2) is 42.6 Å². The second kappa shape index (κ2) is 6.83. The molecule has 1 heterocycles. The lowest BCUT2D eigenvalue weighted by Crippen LogP contribution is -2.04. The van der Waals surface area contributed by atoms with Gasteiger partial charge in [0.2, 0.25) is 0 Å². The SMILES string of the molecule is C=C(/C=C/c1cc(C)c(-c2ccc(NC3CC3)nn2)cc1F)NC. The molecule has 2 N–H and O–H groups in total. The third-order valence-electron chi connectivity index (χ3n) is 4.00. The van der Waals surface area contributed by atoms with E-state index in [4.69, 9.17) is 0 Å². The lowest BCUT2D eigenvalue weighted by molar-refractivity contribution is 0.625. The predicted molar refractivity (Wildman–Crippen MR) is 96.0 cm³/mol. The zero-order valence-corrected chi connectivity index (χ0v) is 13.9. The molecule has 0 aliphatic heterocycles. The van der Waals surface area contributed by atoms with E-state index >= 15 is 0 Å². The van der Waals surface area contributed by atoms with E-state index in [1.165, 1.54) is 18.9 Å². The second-order valence-electron chi connectivity index (χ2n) is 6.02. The molecule has 4 nitrogen and oxygen atoms in total. The number of aryl methyl sites for hydroxylation is 1. The van der Waals surface area contributed by atoms with Gasteiger partial charge in [0.05, 0.1) is 5.69 Å². The molecule has 24 heavy (non-hydrogen) atoms. The first-order chi connectivity index (χ1) is 11.6. The summed E-state index contributed by atoms with van der Waals surface area (Å²) >= 11 is 0. The van der Waals surface area contributed by atoms with Crippen molar-refractivity contribution in [1.82, 2.24) is 15.5 Å². The highest BCUT2D eigenvalue weighted by Crippen LogP contribution is 2.27. The lowest BCUT2D eigenvalue weighted by atomic mass is 10.0. The molecule has 1 aromatic carbocycles. The van der Waals surface area contributed by atoms with Gasteiger partial charge in [-0.15, -0.1) is 10.2 Å². The summed E-state index contributed by atoms with van der Waals surface area (Å²) in [6.07, 6.45) is 5.82. The van der Waals surface area contributed by atoms with Gasteiger partial charge < -0.3 is 10.6 Å². The molecule has 3 rings (SSSR count). The molecule has 0 radical (unpaired) electrons. The summed E-state index contributed by atoms with van der Waals surface area (Å²) in [5, 5.41) is 14.6. The maximum absolute atomic E-state index is 14.4. The van der Waals surface area contributed by atoms with Crippen molar-refractivity contribution in [3.05, 3.63) is 59.6 Å². The first-order valence-corrected chi connectivity index (χ1v) is 8.02. The van der Waals surface area contributed by atoms with Gasteiger partial charge in [-0.3, -0.25) is 0 Å². The topological polar surface area (TPSA) is 49.8 Å². The van der Waals surface area contributed by atoms with Gasteiger partial charge >= 0.3 is 0 Å². The molecule has 1 aliphatic rings. The average molecular weight is 324 g/mol. The highest BCUT2D eigenvalue weighted by Gasteiger charge is 2.21. The first kappa shape index (κ1) is 16.2. The van der Waals surface area contributed by atoms with Gasteiger partial charge in [-0.2, -0.15) is 0 Å². The number of halogens is 1. The fourth-order valence-electron chi connectivity index (χ4n) is 2.37. The van der Waals surface area contributed by atoms with Crippen LogP contribution in [0.4, 0.5) is 10.2 Å². The third-order valence-corrected chi connectivity index (χ3v) is 4.00. The number of nitrogens with zero attached hydrogens (tertiary/aromatic N) is 2. The van der Waals surface area contributed by atoms with E-state index in [9.17, 15) is 4.39 Å². The van der Waals surface area contributed by atoms with Crippen LogP contribution in [0.25, 0.3) is 17.3 Å². The summed E-state index contributed by atoms with van der Waals surface area (Å²) < 4.78 is 14.4. The Hall–Kier alpha value is -2.69. The van der Waals surface area contributed by atoms with Crippen molar-refractivity contribution in [3.63, 3.8) is 0 Å². The fraction of sp³-hybridized carbons (Fsp3) is 0.263. The second-order valence-corrected chi connectivity index (χ2v) is 6.02. The molecule has 124 valence electrons. The maximum Gasteiger partial charge on any atom is 0.148 e. The van der Waals surface area contributed by atoms with E-state index in [2.05, 4.69) is 27.4 Å². The van der Waals surface area contributed by atoms with Gasteiger partial charge in [-0.05, 0) is 55.7 Å². The first-order valence-electron chi connectivity index (χ1n) is 8.02. The molecule has 0 spiro atoms. The number of benzene rings is 1. The summed E-state index contributed by atoms with van der Waals surface area (Å²) in [4.78, 5) is 0. The van der Waals surface area contributed by atoms with E-state index in [0.29, 0.717) is 17.3 Å². The Bertz CT molecular complexity index is 777. The molecule has 2 aromatic rings. The van der Waals surface area contributed by atoms with Crippen LogP contribution < -0.4 is 10.6 Å². The zero-order chi connectivity index (χ0) is 17.1. The van der Waals surface area contributed by atoms with Crippen LogP contribution in [0.2, 0.25) is 0 Å². The number of hydrogen-bond donors (Lipinski definition) is 2. The number of allylic oxidation sites excluding steroid dienone is 1. The van der Waals surface area contributed by atoms with Crippen molar-refractivity contribution in [2.24, 2.45) is 0 Å². The number of likely N-dealkylation sites (N-methyl/N-ethyl adjacent to an activating group) is 1. The number of anilines is 1. The van der Waals surface area contributed by atoms with Crippen LogP contribution in [0.3, 0.4) is 0 Å². The monoisotopic (exact) mass is 324 g/mol. The Labute approximate surface area is 141 Å². The van der Waals surface area contributed by atoms with E-state index in [1.807, 2.05) is 25.1 Å². The van der Waals surface area contributed by atoms with Gasteiger partial charge in [-0.1, -0.05) is 12.7 Å². The summed E-state index contributed by atoms with van der Waals surface area (Å²) in [6, 6.07) is 7.61. The van der Waals surface area contributed by atoms with E-state index in [1.54, 1.807) is 19.2 Å². The van der Waals surface area contributed by atoms with Crippen molar-refractivity contribution in [1.29, 1.82) is 0 Å². The Balaban J connectivity index is 1.84. The average Bonchev–Trinajstić information content (AvgIpc) is 3.39.